The maximum absolute atomic E-state index is 12.2. The number of amides is 1. The average Bonchev–Trinajstić information content (AvgIpc) is 2.67. The highest BCUT2D eigenvalue weighted by atomic mass is 16.3. The summed E-state index contributed by atoms with van der Waals surface area (Å²) in [5.74, 6) is 1.27. The number of piperidine rings is 1. The third-order valence-electron chi connectivity index (χ3n) is 4.31. The minimum Gasteiger partial charge on any atom is -0.386 e. The van der Waals surface area contributed by atoms with E-state index in [0.29, 0.717) is 18.5 Å². The summed E-state index contributed by atoms with van der Waals surface area (Å²) in [5, 5.41) is 16.7. The quantitative estimate of drug-likeness (QED) is 0.734. The Morgan fingerprint density at radius 3 is 2.92 bits per heavy atom. The number of hydrogen-bond acceptors (Lipinski definition) is 7. The fourth-order valence-corrected chi connectivity index (χ4v) is 2.96. The second-order valence-electron chi connectivity index (χ2n) is 6.18. The van der Waals surface area contributed by atoms with Crippen molar-refractivity contribution in [3.63, 3.8) is 0 Å². The molecular weight excluding hydrogens is 320 g/mol. The van der Waals surface area contributed by atoms with Crippen LogP contribution in [0.25, 0.3) is 0 Å². The summed E-state index contributed by atoms with van der Waals surface area (Å²) in [7, 11) is 1.80. The topological polar surface area (TPSA) is 103 Å². The largest absolute Gasteiger partial charge is 0.386 e. The van der Waals surface area contributed by atoms with E-state index < -0.39 is 5.60 Å². The number of hydrogen-bond donors (Lipinski definition) is 3. The van der Waals surface area contributed by atoms with Gasteiger partial charge in [-0.1, -0.05) is 0 Å². The van der Waals surface area contributed by atoms with Crippen molar-refractivity contribution in [3.8, 4) is 0 Å². The van der Waals surface area contributed by atoms with E-state index in [1.807, 2.05) is 11.0 Å². The summed E-state index contributed by atoms with van der Waals surface area (Å²) in [6, 6.07) is 5.14. The highest BCUT2D eigenvalue weighted by Gasteiger charge is 2.34. The van der Waals surface area contributed by atoms with Crippen LogP contribution in [0.2, 0.25) is 0 Å². The fraction of sp³-hybridized carbons (Fsp3) is 0.412. The van der Waals surface area contributed by atoms with Crippen molar-refractivity contribution >= 4 is 17.5 Å². The monoisotopic (exact) mass is 342 g/mol. The zero-order valence-corrected chi connectivity index (χ0v) is 14.1. The van der Waals surface area contributed by atoms with Crippen LogP contribution >= 0.6 is 0 Å². The SMILES string of the molecule is CNc1cc(N2CCC[C@@](O)(CNC(=O)c3ccncc3)C2)ncn1. The van der Waals surface area contributed by atoms with E-state index in [1.165, 1.54) is 6.33 Å². The molecule has 0 saturated carbocycles. The number of anilines is 2. The molecule has 1 aliphatic rings. The zero-order chi connectivity index (χ0) is 17.7. The molecule has 0 aromatic carbocycles. The fourth-order valence-electron chi connectivity index (χ4n) is 2.96. The highest BCUT2D eigenvalue weighted by Crippen LogP contribution is 2.25. The third-order valence-corrected chi connectivity index (χ3v) is 4.31. The molecule has 8 heteroatoms. The molecule has 3 heterocycles. The van der Waals surface area contributed by atoms with Crippen molar-refractivity contribution in [2.75, 3.05) is 36.9 Å². The molecule has 3 rings (SSSR count). The molecule has 0 bridgehead atoms. The number of nitrogens with zero attached hydrogens (tertiary/aromatic N) is 4. The van der Waals surface area contributed by atoms with Crippen molar-refractivity contribution < 1.29 is 9.90 Å². The number of rotatable bonds is 5. The van der Waals surface area contributed by atoms with Gasteiger partial charge in [-0.05, 0) is 25.0 Å². The van der Waals surface area contributed by atoms with E-state index in [0.717, 1.165) is 24.6 Å². The molecule has 1 atom stereocenters. The predicted molar refractivity (Wildman–Crippen MR) is 94.5 cm³/mol. The van der Waals surface area contributed by atoms with Gasteiger partial charge in [0.15, 0.2) is 0 Å². The van der Waals surface area contributed by atoms with Gasteiger partial charge in [-0.2, -0.15) is 0 Å². The number of nitrogens with one attached hydrogen (secondary N) is 2. The van der Waals surface area contributed by atoms with E-state index in [-0.39, 0.29) is 12.5 Å². The van der Waals surface area contributed by atoms with Crippen molar-refractivity contribution in [1.82, 2.24) is 20.3 Å². The van der Waals surface area contributed by atoms with Gasteiger partial charge in [0.1, 0.15) is 18.0 Å². The Bertz CT molecular complexity index is 726. The highest BCUT2D eigenvalue weighted by molar-refractivity contribution is 5.94. The number of aromatic nitrogens is 3. The molecule has 132 valence electrons. The van der Waals surface area contributed by atoms with Crippen molar-refractivity contribution in [2.24, 2.45) is 0 Å². The first-order valence-corrected chi connectivity index (χ1v) is 8.25. The van der Waals surface area contributed by atoms with Crippen molar-refractivity contribution in [2.45, 2.75) is 18.4 Å². The Morgan fingerprint density at radius 1 is 1.36 bits per heavy atom. The molecule has 1 amide bonds. The van der Waals surface area contributed by atoms with Gasteiger partial charge in [0, 0.05) is 50.7 Å². The van der Waals surface area contributed by atoms with Crippen LogP contribution in [-0.2, 0) is 0 Å². The first-order chi connectivity index (χ1) is 12.1. The lowest BCUT2D eigenvalue weighted by atomic mass is 9.92. The van der Waals surface area contributed by atoms with Crippen molar-refractivity contribution in [3.05, 3.63) is 42.5 Å². The van der Waals surface area contributed by atoms with Crippen LogP contribution in [0.5, 0.6) is 0 Å². The Kier molecular flexibility index (Phi) is 5.08. The molecule has 0 aliphatic carbocycles. The molecule has 1 aliphatic heterocycles. The van der Waals surface area contributed by atoms with Crippen LogP contribution in [0.4, 0.5) is 11.6 Å². The van der Waals surface area contributed by atoms with E-state index >= 15 is 0 Å². The number of pyridine rings is 1. The van der Waals surface area contributed by atoms with E-state index in [9.17, 15) is 9.90 Å². The molecule has 0 radical (unpaired) electrons. The normalized spacial score (nSPS) is 20.2. The molecule has 3 N–H and O–H groups in total. The van der Waals surface area contributed by atoms with Crippen molar-refractivity contribution in [1.29, 1.82) is 0 Å². The summed E-state index contributed by atoms with van der Waals surface area (Å²) >= 11 is 0. The van der Waals surface area contributed by atoms with Crippen LogP contribution in [0.3, 0.4) is 0 Å². The third kappa shape index (κ3) is 4.21. The van der Waals surface area contributed by atoms with Crippen LogP contribution in [0.15, 0.2) is 36.9 Å². The average molecular weight is 342 g/mol. The lowest BCUT2D eigenvalue weighted by molar-refractivity contribution is 0.0254. The van der Waals surface area contributed by atoms with Gasteiger partial charge in [-0.15, -0.1) is 0 Å². The van der Waals surface area contributed by atoms with Crippen LogP contribution < -0.4 is 15.5 Å². The van der Waals surface area contributed by atoms with Gasteiger partial charge in [0.2, 0.25) is 0 Å². The minimum atomic E-state index is -0.994. The first-order valence-electron chi connectivity index (χ1n) is 8.25. The summed E-state index contributed by atoms with van der Waals surface area (Å²) in [6.07, 6.45) is 6.09. The summed E-state index contributed by atoms with van der Waals surface area (Å²) in [4.78, 5) is 26.5. The summed E-state index contributed by atoms with van der Waals surface area (Å²) in [5.41, 5.74) is -0.466. The Labute approximate surface area is 146 Å². The zero-order valence-electron chi connectivity index (χ0n) is 14.1. The second kappa shape index (κ2) is 7.43. The number of β-amino-alcohol motifs (C(OH)–C–C–N with tert-alkyl or cyclic N) is 1. The summed E-state index contributed by atoms with van der Waals surface area (Å²) in [6.45, 7) is 1.40. The Balaban J connectivity index is 1.64. The first kappa shape index (κ1) is 17.1. The molecule has 2 aromatic heterocycles. The molecule has 25 heavy (non-hydrogen) atoms. The Hall–Kier alpha value is -2.74. The van der Waals surface area contributed by atoms with E-state index in [2.05, 4.69) is 25.6 Å². The maximum Gasteiger partial charge on any atom is 0.251 e. The standard InChI is InChI=1S/C17H22N6O2/c1-18-14-9-15(22-12-21-14)23-8-2-5-17(25,11-23)10-20-16(24)13-3-6-19-7-4-13/h3-4,6-7,9,12,25H,2,5,8,10-11H2,1H3,(H,20,24)(H,18,21,22)/t17-/m1/s1. The molecular formula is C17H22N6O2. The van der Waals surface area contributed by atoms with E-state index in [4.69, 9.17) is 0 Å². The summed E-state index contributed by atoms with van der Waals surface area (Å²) < 4.78 is 0. The van der Waals surface area contributed by atoms with Gasteiger partial charge in [-0.3, -0.25) is 9.78 Å². The minimum absolute atomic E-state index is 0.189. The maximum atomic E-state index is 12.2. The number of carbonyl (C=O) groups is 1. The van der Waals surface area contributed by atoms with Gasteiger partial charge in [0.25, 0.3) is 5.91 Å². The molecule has 1 saturated heterocycles. The second-order valence-corrected chi connectivity index (χ2v) is 6.18. The van der Waals surface area contributed by atoms with Crippen LogP contribution in [-0.4, -0.2) is 58.2 Å². The van der Waals surface area contributed by atoms with Gasteiger partial charge in [-0.25, -0.2) is 9.97 Å². The lowest BCUT2D eigenvalue weighted by Crippen LogP contribution is -2.54. The van der Waals surface area contributed by atoms with Gasteiger partial charge >= 0.3 is 0 Å². The van der Waals surface area contributed by atoms with Crippen LogP contribution in [0, 0.1) is 0 Å². The molecule has 8 nitrogen and oxygen atoms in total. The predicted octanol–water partition coefficient (Wildman–Crippen LogP) is 0.675. The van der Waals surface area contributed by atoms with Crippen LogP contribution in [0.1, 0.15) is 23.2 Å². The molecule has 0 unspecified atom stereocenters. The smallest absolute Gasteiger partial charge is 0.251 e. The number of carbonyl (C=O) groups excluding carboxylic acids is 1. The Morgan fingerprint density at radius 2 is 2.16 bits per heavy atom. The van der Waals surface area contributed by atoms with Gasteiger partial charge in [0.05, 0.1) is 5.60 Å². The lowest BCUT2D eigenvalue weighted by Gasteiger charge is -2.39. The van der Waals surface area contributed by atoms with Gasteiger partial charge < -0.3 is 20.6 Å². The molecule has 1 fully saturated rings. The molecule has 0 spiro atoms. The van der Waals surface area contributed by atoms with E-state index in [1.54, 1.807) is 31.6 Å². The molecule has 2 aromatic rings. The number of aliphatic hydroxyl groups is 1.